The van der Waals surface area contributed by atoms with E-state index in [1.165, 1.54) is 0 Å². The lowest BCUT2D eigenvalue weighted by Crippen LogP contribution is -2.38. The van der Waals surface area contributed by atoms with Crippen LogP contribution in [-0.4, -0.2) is 25.2 Å². The van der Waals surface area contributed by atoms with Crippen molar-refractivity contribution in [1.29, 1.82) is 0 Å². The fourth-order valence-corrected chi connectivity index (χ4v) is 1.95. The van der Waals surface area contributed by atoms with Crippen molar-refractivity contribution in [1.82, 2.24) is 5.32 Å². The molecule has 0 fully saturated rings. The highest BCUT2D eigenvalue weighted by Gasteiger charge is 2.13. The first-order valence-corrected chi connectivity index (χ1v) is 7.34. The standard InChI is InChI=1S/C18H21NO3/c1-14-8-6-7-11-17(14)21-13-12-19-18(20)15(2)22-16-9-4-3-5-10-16/h3-11,15H,12-13H2,1-2H3,(H,19,20)/t15-/m1/s1. The molecule has 0 radical (unpaired) electrons. The number of aryl methyl sites for hydroxylation is 1. The Morgan fingerprint density at radius 3 is 2.50 bits per heavy atom. The second kappa shape index (κ2) is 8.08. The van der Waals surface area contributed by atoms with Crippen LogP contribution < -0.4 is 14.8 Å². The van der Waals surface area contributed by atoms with E-state index in [2.05, 4.69) is 5.32 Å². The molecular weight excluding hydrogens is 278 g/mol. The molecule has 0 aromatic heterocycles. The largest absolute Gasteiger partial charge is 0.491 e. The Balaban J connectivity index is 1.70. The molecule has 4 heteroatoms. The van der Waals surface area contributed by atoms with Crippen molar-refractivity contribution in [3.05, 3.63) is 60.2 Å². The van der Waals surface area contributed by atoms with Crippen LogP contribution >= 0.6 is 0 Å². The number of ether oxygens (including phenoxy) is 2. The molecule has 0 saturated heterocycles. The average molecular weight is 299 g/mol. The first-order chi connectivity index (χ1) is 10.7. The third kappa shape index (κ3) is 4.81. The van der Waals surface area contributed by atoms with Crippen LogP contribution in [-0.2, 0) is 4.79 Å². The smallest absolute Gasteiger partial charge is 0.260 e. The second-order valence-electron chi connectivity index (χ2n) is 4.98. The summed E-state index contributed by atoms with van der Waals surface area (Å²) in [6.07, 6.45) is -0.541. The van der Waals surface area contributed by atoms with E-state index in [9.17, 15) is 4.79 Å². The van der Waals surface area contributed by atoms with Crippen molar-refractivity contribution in [3.63, 3.8) is 0 Å². The van der Waals surface area contributed by atoms with Gasteiger partial charge in [0, 0.05) is 0 Å². The molecule has 0 aliphatic heterocycles. The van der Waals surface area contributed by atoms with Crippen molar-refractivity contribution in [2.45, 2.75) is 20.0 Å². The van der Waals surface area contributed by atoms with Crippen LogP contribution in [0.1, 0.15) is 12.5 Å². The number of carbonyl (C=O) groups is 1. The predicted octanol–water partition coefficient (Wildman–Crippen LogP) is 2.96. The summed E-state index contributed by atoms with van der Waals surface area (Å²) in [7, 11) is 0. The van der Waals surface area contributed by atoms with Crippen LogP contribution in [0.5, 0.6) is 11.5 Å². The quantitative estimate of drug-likeness (QED) is 0.800. The zero-order valence-corrected chi connectivity index (χ0v) is 12.9. The summed E-state index contributed by atoms with van der Waals surface area (Å²) in [4.78, 5) is 11.9. The molecule has 0 bridgehead atoms. The Hall–Kier alpha value is -2.49. The van der Waals surface area contributed by atoms with Gasteiger partial charge < -0.3 is 14.8 Å². The van der Waals surface area contributed by atoms with Gasteiger partial charge in [-0.25, -0.2) is 0 Å². The molecule has 22 heavy (non-hydrogen) atoms. The minimum atomic E-state index is -0.541. The van der Waals surface area contributed by atoms with E-state index in [1.54, 1.807) is 6.92 Å². The second-order valence-corrected chi connectivity index (χ2v) is 4.98. The van der Waals surface area contributed by atoms with Crippen molar-refractivity contribution in [2.75, 3.05) is 13.2 Å². The van der Waals surface area contributed by atoms with E-state index in [0.29, 0.717) is 18.9 Å². The number of benzene rings is 2. The Bertz CT molecular complexity index is 598. The molecule has 0 saturated carbocycles. The molecule has 0 unspecified atom stereocenters. The number of hydrogen-bond donors (Lipinski definition) is 1. The molecule has 116 valence electrons. The summed E-state index contributed by atoms with van der Waals surface area (Å²) in [6, 6.07) is 17.1. The number of nitrogens with one attached hydrogen (secondary N) is 1. The predicted molar refractivity (Wildman–Crippen MR) is 86.2 cm³/mol. The minimum Gasteiger partial charge on any atom is -0.491 e. The summed E-state index contributed by atoms with van der Waals surface area (Å²) in [6.45, 7) is 4.58. The van der Waals surface area contributed by atoms with Gasteiger partial charge in [0.05, 0.1) is 6.54 Å². The normalized spacial score (nSPS) is 11.5. The molecule has 0 aliphatic carbocycles. The zero-order valence-electron chi connectivity index (χ0n) is 12.9. The van der Waals surface area contributed by atoms with Gasteiger partial charge in [-0.1, -0.05) is 36.4 Å². The van der Waals surface area contributed by atoms with E-state index in [1.807, 2.05) is 61.5 Å². The Morgan fingerprint density at radius 1 is 1.09 bits per heavy atom. The maximum Gasteiger partial charge on any atom is 0.260 e. The van der Waals surface area contributed by atoms with Gasteiger partial charge in [-0.05, 0) is 37.6 Å². The molecular formula is C18H21NO3. The van der Waals surface area contributed by atoms with E-state index in [-0.39, 0.29) is 5.91 Å². The van der Waals surface area contributed by atoms with Crippen LogP contribution in [0.2, 0.25) is 0 Å². The summed E-state index contributed by atoms with van der Waals surface area (Å²) in [5, 5.41) is 2.80. The summed E-state index contributed by atoms with van der Waals surface area (Å²) in [5.74, 6) is 1.36. The molecule has 2 aromatic carbocycles. The van der Waals surface area contributed by atoms with Crippen LogP contribution in [0, 0.1) is 6.92 Å². The molecule has 4 nitrogen and oxygen atoms in total. The van der Waals surface area contributed by atoms with Crippen molar-refractivity contribution >= 4 is 5.91 Å². The van der Waals surface area contributed by atoms with Gasteiger partial charge in [0.15, 0.2) is 6.10 Å². The SMILES string of the molecule is Cc1ccccc1OCCNC(=O)[C@@H](C)Oc1ccccc1. The third-order valence-corrected chi connectivity index (χ3v) is 3.18. The van der Waals surface area contributed by atoms with Crippen molar-refractivity contribution in [3.8, 4) is 11.5 Å². The molecule has 1 amide bonds. The topological polar surface area (TPSA) is 47.6 Å². The third-order valence-electron chi connectivity index (χ3n) is 3.18. The maximum atomic E-state index is 11.9. The number of rotatable bonds is 7. The van der Waals surface area contributed by atoms with E-state index in [0.717, 1.165) is 11.3 Å². The Kier molecular flexibility index (Phi) is 5.83. The maximum absolute atomic E-state index is 11.9. The van der Waals surface area contributed by atoms with Gasteiger partial charge in [0.1, 0.15) is 18.1 Å². The van der Waals surface area contributed by atoms with E-state index < -0.39 is 6.10 Å². The number of carbonyl (C=O) groups excluding carboxylic acids is 1. The van der Waals surface area contributed by atoms with Crippen LogP contribution in [0.25, 0.3) is 0 Å². The summed E-state index contributed by atoms with van der Waals surface area (Å²) < 4.78 is 11.2. The molecule has 0 aliphatic rings. The van der Waals surface area contributed by atoms with Crippen molar-refractivity contribution < 1.29 is 14.3 Å². The van der Waals surface area contributed by atoms with Crippen molar-refractivity contribution in [2.24, 2.45) is 0 Å². The number of hydrogen-bond acceptors (Lipinski definition) is 3. The number of para-hydroxylation sites is 2. The highest BCUT2D eigenvalue weighted by atomic mass is 16.5. The van der Waals surface area contributed by atoms with Crippen LogP contribution in [0.4, 0.5) is 0 Å². The van der Waals surface area contributed by atoms with Gasteiger partial charge in [0.2, 0.25) is 0 Å². The zero-order chi connectivity index (χ0) is 15.8. The van der Waals surface area contributed by atoms with E-state index in [4.69, 9.17) is 9.47 Å². The van der Waals surface area contributed by atoms with Crippen LogP contribution in [0.3, 0.4) is 0 Å². The molecule has 1 N–H and O–H groups in total. The van der Waals surface area contributed by atoms with Gasteiger partial charge in [-0.3, -0.25) is 4.79 Å². The first kappa shape index (κ1) is 15.9. The van der Waals surface area contributed by atoms with Gasteiger partial charge in [-0.15, -0.1) is 0 Å². The average Bonchev–Trinajstić information content (AvgIpc) is 2.53. The highest BCUT2D eigenvalue weighted by molar-refractivity contribution is 5.80. The minimum absolute atomic E-state index is 0.155. The van der Waals surface area contributed by atoms with Gasteiger partial charge >= 0.3 is 0 Å². The highest BCUT2D eigenvalue weighted by Crippen LogP contribution is 2.15. The summed E-state index contributed by atoms with van der Waals surface area (Å²) >= 11 is 0. The lowest BCUT2D eigenvalue weighted by molar-refractivity contribution is -0.127. The Morgan fingerprint density at radius 2 is 1.77 bits per heavy atom. The Labute approximate surface area is 131 Å². The molecule has 0 heterocycles. The fourth-order valence-electron chi connectivity index (χ4n) is 1.95. The monoisotopic (exact) mass is 299 g/mol. The molecule has 2 rings (SSSR count). The lowest BCUT2D eigenvalue weighted by Gasteiger charge is -2.15. The molecule has 0 spiro atoms. The molecule has 1 atom stereocenters. The first-order valence-electron chi connectivity index (χ1n) is 7.34. The fraction of sp³-hybridized carbons (Fsp3) is 0.278. The molecule has 2 aromatic rings. The van der Waals surface area contributed by atoms with Gasteiger partial charge in [0.25, 0.3) is 5.91 Å². The summed E-state index contributed by atoms with van der Waals surface area (Å²) in [5.41, 5.74) is 1.08. The van der Waals surface area contributed by atoms with Crippen LogP contribution in [0.15, 0.2) is 54.6 Å². The van der Waals surface area contributed by atoms with Gasteiger partial charge in [-0.2, -0.15) is 0 Å². The lowest BCUT2D eigenvalue weighted by atomic mass is 10.2. The number of amides is 1. The van der Waals surface area contributed by atoms with E-state index >= 15 is 0 Å².